The number of H-pyrrole nitrogens is 1. The van der Waals surface area contributed by atoms with Crippen molar-refractivity contribution in [1.29, 1.82) is 0 Å². The van der Waals surface area contributed by atoms with Gasteiger partial charge in [-0.05, 0) is 56.9 Å². The molecule has 0 atom stereocenters. The highest BCUT2D eigenvalue weighted by Crippen LogP contribution is 2.23. The van der Waals surface area contributed by atoms with Crippen molar-refractivity contribution in [3.63, 3.8) is 0 Å². The summed E-state index contributed by atoms with van der Waals surface area (Å²) >= 11 is 6.22. The Balaban J connectivity index is 1.69. The van der Waals surface area contributed by atoms with E-state index < -0.39 is 0 Å². The number of unbranched alkanes of at least 4 members (excludes halogenated alkanes) is 4. The average Bonchev–Trinajstić information content (AvgIpc) is 3.08. The average molecular weight is 418 g/mol. The Morgan fingerprint density at radius 2 is 1.93 bits per heavy atom. The van der Waals surface area contributed by atoms with E-state index in [4.69, 9.17) is 11.6 Å². The number of aromatic nitrogens is 2. The number of halogens is 2. The molecule has 2 aromatic rings. The Morgan fingerprint density at radius 3 is 2.66 bits per heavy atom. The molecule has 1 aromatic carbocycles. The number of nitrogens with one attached hydrogen (secondary N) is 1. The topological polar surface area (TPSA) is 58.1 Å². The number of aromatic amines is 1. The first-order valence-corrected chi connectivity index (χ1v) is 10.6. The van der Waals surface area contributed by atoms with Crippen LogP contribution in [0.3, 0.4) is 0 Å². The zero-order valence-electron chi connectivity index (χ0n) is 17.2. The number of carbonyl (C=O) groups excluding carboxylic acids is 1. The minimum absolute atomic E-state index is 0.117. The van der Waals surface area contributed by atoms with Gasteiger partial charge in [0.15, 0.2) is 10.9 Å². The second-order valence-electron chi connectivity index (χ2n) is 7.09. The van der Waals surface area contributed by atoms with Crippen LogP contribution in [0.15, 0.2) is 41.5 Å². The Labute approximate surface area is 177 Å². The lowest BCUT2D eigenvalue weighted by Crippen LogP contribution is -2.09. The van der Waals surface area contributed by atoms with Gasteiger partial charge >= 0.3 is 0 Å². The van der Waals surface area contributed by atoms with Crippen LogP contribution < -0.4 is 0 Å². The van der Waals surface area contributed by atoms with Crippen molar-refractivity contribution >= 4 is 23.1 Å². The van der Waals surface area contributed by atoms with E-state index in [2.05, 4.69) is 21.9 Å². The van der Waals surface area contributed by atoms with Crippen LogP contribution in [0.1, 0.15) is 64.5 Å². The summed E-state index contributed by atoms with van der Waals surface area (Å²) in [7, 11) is 0. The highest BCUT2D eigenvalue weighted by Gasteiger charge is 2.10. The lowest BCUT2D eigenvalue weighted by atomic mass is 10.1. The van der Waals surface area contributed by atoms with Crippen LogP contribution in [0.5, 0.6) is 0 Å². The minimum Gasteiger partial charge on any atom is -0.341 e. The molecule has 1 N–H and O–H groups in total. The monoisotopic (exact) mass is 417 g/mol. The fourth-order valence-corrected chi connectivity index (χ4v) is 3.12. The lowest BCUT2D eigenvalue weighted by molar-refractivity contribution is -0.113. The molecule has 0 aliphatic carbocycles. The number of aryl methyl sites for hydroxylation is 1. The predicted octanol–water partition coefficient (Wildman–Crippen LogP) is 6.71. The second-order valence-corrected chi connectivity index (χ2v) is 7.45. The van der Waals surface area contributed by atoms with Gasteiger partial charge in [0.2, 0.25) is 0 Å². The first-order chi connectivity index (χ1) is 14.0. The van der Waals surface area contributed by atoms with Crippen molar-refractivity contribution in [2.45, 2.75) is 65.2 Å². The number of hydrogen-bond donors (Lipinski definition) is 1. The molecule has 6 heteroatoms. The number of imidazole rings is 1. The molecule has 156 valence electrons. The van der Waals surface area contributed by atoms with Gasteiger partial charge in [0.25, 0.3) is 0 Å². The van der Waals surface area contributed by atoms with Crippen LogP contribution in [-0.4, -0.2) is 21.5 Å². The molecule has 0 unspecified atom stereocenters. The van der Waals surface area contributed by atoms with Gasteiger partial charge in [0.1, 0.15) is 11.6 Å². The number of carbonyl (C=O) groups is 1. The number of benzene rings is 1. The summed E-state index contributed by atoms with van der Waals surface area (Å²) in [6.45, 7) is 3.88. The van der Waals surface area contributed by atoms with E-state index in [0.29, 0.717) is 23.1 Å². The number of allylic oxidation sites excluding steroid dienone is 1. The maximum atomic E-state index is 13.0. The molecular formula is C23H29ClFN3O. The van der Waals surface area contributed by atoms with E-state index in [1.807, 2.05) is 6.08 Å². The maximum Gasteiger partial charge on any atom is 0.176 e. The van der Waals surface area contributed by atoms with E-state index in [1.54, 1.807) is 25.3 Å². The highest BCUT2D eigenvalue weighted by atomic mass is 35.5. The van der Waals surface area contributed by atoms with Crippen molar-refractivity contribution in [2.75, 3.05) is 0 Å². The van der Waals surface area contributed by atoms with Crippen LogP contribution in [-0.2, 0) is 11.2 Å². The Bertz CT molecular complexity index is 840. The summed E-state index contributed by atoms with van der Waals surface area (Å²) in [5, 5.41) is 0.461. The Hall–Kier alpha value is -2.27. The Kier molecular flexibility index (Phi) is 9.78. The zero-order valence-corrected chi connectivity index (χ0v) is 17.9. The molecule has 0 radical (unpaired) electrons. The molecule has 0 amide bonds. The molecule has 4 nitrogen and oxygen atoms in total. The molecule has 0 fully saturated rings. The van der Waals surface area contributed by atoms with Crippen molar-refractivity contribution in [3.8, 4) is 11.4 Å². The van der Waals surface area contributed by atoms with Crippen molar-refractivity contribution in [3.05, 3.63) is 53.2 Å². The van der Waals surface area contributed by atoms with Gasteiger partial charge < -0.3 is 4.98 Å². The van der Waals surface area contributed by atoms with Gasteiger partial charge in [-0.3, -0.25) is 9.79 Å². The molecule has 2 rings (SSSR count). The molecular weight excluding hydrogens is 389 g/mol. The van der Waals surface area contributed by atoms with Crippen LogP contribution >= 0.6 is 11.6 Å². The second kappa shape index (κ2) is 12.3. The van der Waals surface area contributed by atoms with Crippen LogP contribution in [0.2, 0.25) is 5.15 Å². The largest absolute Gasteiger partial charge is 0.341 e. The summed E-state index contributed by atoms with van der Waals surface area (Å²) in [6.07, 6.45) is 10.9. The molecule has 1 heterocycles. The molecule has 0 bridgehead atoms. The molecule has 0 spiro atoms. The van der Waals surface area contributed by atoms with Gasteiger partial charge in [-0.2, -0.15) is 0 Å². The third kappa shape index (κ3) is 7.94. The number of hydrogen-bond acceptors (Lipinski definition) is 3. The third-order valence-corrected chi connectivity index (χ3v) is 4.97. The fraction of sp³-hybridized carbons (Fsp3) is 0.435. The minimum atomic E-state index is -0.278. The van der Waals surface area contributed by atoms with Crippen LogP contribution in [0.4, 0.5) is 4.39 Å². The first kappa shape index (κ1) is 23.0. The van der Waals surface area contributed by atoms with E-state index in [1.165, 1.54) is 12.1 Å². The van der Waals surface area contributed by atoms with Gasteiger partial charge in [0.05, 0.1) is 11.4 Å². The van der Waals surface area contributed by atoms with Crippen LogP contribution in [0, 0.1) is 5.82 Å². The van der Waals surface area contributed by atoms with E-state index in [-0.39, 0.29) is 11.6 Å². The van der Waals surface area contributed by atoms with Crippen molar-refractivity contribution in [1.82, 2.24) is 9.97 Å². The summed E-state index contributed by atoms with van der Waals surface area (Å²) in [5.41, 5.74) is 2.28. The first-order valence-electron chi connectivity index (χ1n) is 10.2. The lowest BCUT2D eigenvalue weighted by Gasteiger charge is -2.02. The summed E-state index contributed by atoms with van der Waals surface area (Å²) < 4.78 is 13.0. The summed E-state index contributed by atoms with van der Waals surface area (Å²) in [5.74, 6) is 0.490. The predicted molar refractivity (Wildman–Crippen MR) is 118 cm³/mol. The normalized spacial score (nSPS) is 12.1. The standard InChI is InChI=1S/C23H29ClFN3O/c1-3-4-9-16-26-17(2)21(29)11-8-6-5-7-10-20-22(24)28-23(27-20)18-12-14-19(25)15-13-18/h9,12-16H,3-8,10-11H2,1-2H3,(H,27,28)/b16-9-,26-17?. The van der Waals surface area contributed by atoms with E-state index >= 15 is 0 Å². The number of ketones is 1. The number of rotatable bonds is 12. The third-order valence-electron chi connectivity index (χ3n) is 4.66. The number of nitrogens with zero attached hydrogens (tertiary/aromatic N) is 2. The smallest absolute Gasteiger partial charge is 0.176 e. The molecule has 0 aliphatic heterocycles. The van der Waals surface area contributed by atoms with Gasteiger partial charge in [0, 0.05) is 18.2 Å². The molecule has 29 heavy (non-hydrogen) atoms. The van der Waals surface area contributed by atoms with Gasteiger partial charge in [-0.15, -0.1) is 0 Å². The zero-order chi connectivity index (χ0) is 21.1. The molecule has 0 saturated heterocycles. The number of Topliss-reactive ketones (excluding diaryl/α,β-unsaturated/α-hetero) is 1. The molecule has 1 aromatic heterocycles. The van der Waals surface area contributed by atoms with Gasteiger partial charge in [-0.25, -0.2) is 9.37 Å². The Morgan fingerprint density at radius 1 is 1.21 bits per heavy atom. The quantitative estimate of drug-likeness (QED) is 0.308. The van der Waals surface area contributed by atoms with Crippen molar-refractivity contribution in [2.24, 2.45) is 4.99 Å². The summed E-state index contributed by atoms with van der Waals surface area (Å²) in [6, 6.07) is 6.16. The molecule has 0 aliphatic rings. The molecule has 0 saturated carbocycles. The van der Waals surface area contributed by atoms with Crippen molar-refractivity contribution < 1.29 is 9.18 Å². The number of aliphatic imine (C=N–C) groups is 1. The SMILES string of the molecule is CCC/C=C\N=C(C)C(=O)CCCCCCc1[nH]c(-c2ccc(F)cc2)nc1Cl. The van der Waals surface area contributed by atoms with E-state index in [0.717, 1.165) is 56.2 Å². The van der Waals surface area contributed by atoms with Crippen LogP contribution in [0.25, 0.3) is 11.4 Å². The highest BCUT2D eigenvalue weighted by molar-refractivity contribution is 6.39. The maximum absolute atomic E-state index is 13.0. The van der Waals surface area contributed by atoms with Gasteiger partial charge in [-0.1, -0.05) is 43.9 Å². The summed E-state index contributed by atoms with van der Waals surface area (Å²) in [4.78, 5) is 23.8. The van der Waals surface area contributed by atoms with E-state index in [9.17, 15) is 9.18 Å². The fourth-order valence-electron chi connectivity index (χ4n) is 2.90.